The number of hydrogen-bond donors (Lipinski definition) is 0. The van der Waals surface area contributed by atoms with Crippen LogP contribution >= 0.6 is 0 Å². The summed E-state index contributed by atoms with van der Waals surface area (Å²) in [6, 6.07) is 18.2. The lowest BCUT2D eigenvalue weighted by atomic mass is 9.99. The number of benzene rings is 2. The largest absolute Gasteiger partial charge is 0.456 e. The molecule has 0 N–H and O–H groups in total. The van der Waals surface area contributed by atoms with Gasteiger partial charge in [0.15, 0.2) is 6.10 Å². The van der Waals surface area contributed by atoms with Gasteiger partial charge in [0.05, 0.1) is 0 Å². The standard InChI is InChI=1S/C30H35NO9/c1-5-12-25(17-26-27(37-20(2)32)28(38-21(3)33)29(40-26)39-22(4)34)31(18-23-13-8-6-9-14-23)30(35)36-19-24-15-10-7-11-16-24/h5-11,13-16,25-29H,1,12,17-19H2,2-4H3/t25-,26+,27+,28+,29?/m0/s1. The van der Waals surface area contributed by atoms with E-state index in [0.29, 0.717) is 6.42 Å². The molecule has 0 aliphatic carbocycles. The fourth-order valence-electron chi connectivity index (χ4n) is 4.53. The van der Waals surface area contributed by atoms with E-state index in [1.54, 1.807) is 11.0 Å². The van der Waals surface area contributed by atoms with Crippen molar-refractivity contribution in [2.24, 2.45) is 0 Å². The number of esters is 3. The normalized spacial score (nSPS) is 20.6. The molecule has 3 rings (SSSR count). The Hall–Kier alpha value is -4.18. The zero-order chi connectivity index (χ0) is 29.1. The molecule has 1 saturated heterocycles. The van der Waals surface area contributed by atoms with Crippen LogP contribution in [0.15, 0.2) is 73.3 Å². The van der Waals surface area contributed by atoms with Gasteiger partial charge in [-0.25, -0.2) is 4.79 Å². The van der Waals surface area contributed by atoms with Crippen LogP contribution in [0.1, 0.15) is 44.7 Å². The number of carbonyl (C=O) groups excluding carboxylic acids is 4. The molecule has 0 aromatic heterocycles. The SMILES string of the molecule is C=CC[C@@H](C[C@H]1OC(OC(C)=O)[C@H](OC(C)=O)[C@@H]1OC(C)=O)N(Cc1ccccc1)C(=O)OCc1ccccc1. The maximum Gasteiger partial charge on any atom is 0.410 e. The third-order valence-electron chi connectivity index (χ3n) is 6.17. The van der Waals surface area contributed by atoms with Crippen molar-refractivity contribution >= 4 is 24.0 Å². The van der Waals surface area contributed by atoms with Crippen LogP contribution in [-0.4, -0.2) is 59.5 Å². The van der Waals surface area contributed by atoms with Gasteiger partial charge in [-0.1, -0.05) is 66.7 Å². The van der Waals surface area contributed by atoms with E-state index in [0.717, 1.165) is 11.1 Å². The molecular weight excluding hydrogens is 518 g/mol. The van der Waals surface area contributed by atoms with Gasteiger partial charge < -0.3 is 28.6 Å². The average Bonchev–Trinajstić information content (AvgIpc) is 3.20. The van der Waals surface area contributed by atoms with Gasteiger partial charge in [-0.05, 0) is 24.0 Å². The molecular formula is C30H35NO9. The van der Waals surface area contributed by atoms with Crippen LogP contribution in [-0.2, 0) is 51.2 Å². The summed E-state index contributed by atoms with van der Waals surface area (Å²) in [4.78, 5) is 50.6. The Morgan fingerprint density at radius 1 is 0.850 bits per heavy atom. The van der Waals surface area contributed by atoms with Crippen LogP contribution in [0, 0.1) is 0 Å². The smallest absolute Gasteiger partial charge is 0.410 e. The first-order chi connectivity index (χ1) is 19.2. The molecule has 0 spiro atoms. The minimum atomic E-state index is -1.30. The first-order valence-corrected chi connectivity index (χ1v) is 13.0. The van der Waals surface area contributed by atoms with E-state index < -0.39 is 54.6 Å². The molecule has 10 heteroatoms. The molecule has 1 heterocycles. The van der Waals surface area contributed by atoms with E-state index >= 15 is 0 Å². The molecule has 0 radical (unpaired) electrons. The Kier molecular flexibility index (Phi) is 11.3. The molecule has 2 aromatic carbocycles. The highest BCUT2D eigenvalue weighted by molar-refractivity contribution is 5.69. The van der Waals surface area contributed by atoms with E-state index in [1.807, 2.05) is 60.7 Å². The molecule has 2 aromatic rings. The third kappa shape index (κ3) is 8.94. The summed E-state index contributed by atoms with van der Waals surface area (Å²) in [5, 5.41) is 0. The zero-order valence-electron chi connectivity index (χ0n) is 22.9. The predicted molar refractivity (Wildman–Crippen MR) is 143 cm³/mol. The second kappa shape index (κ2) is 14.8. The van der Waals surface area contributed by atoms with Crippen LogP contribution in [0.3, 0.4) is 0 Å². The Morgan fingerprint density at radius 2 is 1.40 bits per heavy atom. The first-order valence-electron chi connectivity index (χ1n) is 13.0. The van der Waals surface area contributed by atoms with Crippen molar-refractivity contribution in [2.45, 2.75) is 77.4 Å². The molecule has 1 aliphatic heterocycles. The van der Waals surface area contributed by atoms with E-state index in [-0.39, 0.29) is 19.6 Å². The van der Waals surface area contributed by atoms with Gasteiger partial charge in [0.2, 0.25) is 12.4 Å². The molecule has 0 bridgehead atoms. The second-order valence-electron chi connectivity index (χ2n) is 9.37. The molecule has 0 saturated carbocycles. The quantitative estimate of drug-likeness (QED) is 0.215. The van der Waals surface area contributed by atoms with Crippen LogP contribution in [0.4, 0.5) is 4.79 Å². The molecule has 5 atom stereocenters. The maximum absolute atomic E-state index is 13.5. The Labute approximate surface area is 233 Å². The lowest BCUT2D eigenvalue weighted by Crippen LogP contribution is -2.45. The fraction of sp³-hybridized carbons (Fsp3) is 0.400. The number of amides is 1. The Balaban J connectivity index is 1.90. The van der Waals surface area contributed by atoms with Crippen molar-refractivity contribution in [3.8, 4) is 0 Å². The fourth-order valence-corrected chi connectivity index (χ4v) is 4.53. The van der Waals surface area contributed by atoms with Gasteiger partial charge in [-0.3, -0.25) is 14.4 Å². The lowest BCUT2D eigenvalue weighted by molar-refractivity contribution is -0.195. The average molecular weight is 554 g/mol. The third-order valence-corrected chi connectivity index (χ3v) is 6.17. The highest BCUT2D eigenvalue weighted by Gasteiger charge is 2.52. The monoisotopic (exact) mass is 553 g/mol. The van der Waals surface area contributed by atoms with Gasteiger partial charge in [0.1, 0.15) is 12.7 Å². The summed E-state index contributed by atoms with van der Waals surface area (Å²) in [7, 11) is 0. The van der Waals surface area contributed by atoms with Crippen LogP contribution in [0.2, 0.25) is 0 Å². The zero-order valence-corrected chi connectivity index (χ0v) is 22.9. The summed E-state index contributed by atoms with van der Waals surface area (Å²) >= 11 is 0. The topological polar surface area (TPSA) is 118 Å². The predicted octanol–water partition coefficient (Wildman–Crippen LogP) is 4.31. The minimum Gasteiger partial charge on any atom is -0.456 e. The van der Waals surface area contributed by atoms with Gasteiger partial charge >= 0.3 is 24.0 Å². The summed E-state index contributed by atoms with van der Waals surface area (Å²) < 4.78 is 27.8. The molecule has 40 heavy (non-hydrogen) atoms. The van der Waals surface area contributed by atoms with Crippen molar-refractivity contribution in [3.05, 3.63) is 84.4 Å². The van der Waals surface area contributed by atoms with Gasteiger partial charge in [-0.2, -0.15) is 0 Å². The number of rotatable bonds is 12. The maximum atomic E-state index is 13.5. The second-order valence-corrected chi connectivity index (χ2v) is 9.37. The number of carbonyl (C=O) groups is 4. The summed E-state index contributed by atoms with van der Waals surface area (Å²) in [6.45, 7) is 7.73. The summed E-state index contributed by atoms with van der Waals surface area (Å²) in [5.41, 5.74) is 1.70. The van der Waals surface area contributed by atoms with Crippen LogP contribution in [0.25, 0.3) is 0 Å². The van der Waals surface area contributed by atoms with Gasteiger partial charge in [-0.15, -0.1) is 6.58 Å². The van der Waals surface area contributed by atoms with Crippen molar-refractivity contribution < 1.29 is 42.9 Å². The van der Waals surface area contributed by atoms with Crippen LogP contribution < -0.4 is 0 Å². The highest BCUT2D eigenvalue weighted by Crippen LogP contribution is 2.33. The Bertz CT molecular complexity index is 1150. The molecule has 1 fully saturated rings. The summed E-state index contributed by atoms with van der Waals surface area (Å²) in [6.07, 6.45) is -2.88. The highest BCUT2D eigenvalue weighted by atomic mass is 16.7. The molecule has 10 nitrogen and oxygen atoms in total. The van der Waals surface area contributed by atoms with E-state index in [2.05, 4.69) is 6.58 Å². The number of nitrogens with zero attached hydrogens (tertiary/aromatic N) is 1. The molecule has 1 aliphatic rings. The van der Waals surface area contributed by atoms with Crippen molar-refractivity contribution in [2.75, 3.05) is 0 Å². The van der Waals surface area contributed by atoms with Crippen molar-refractivity contribution in [1.29, 1.82) is 0 Å². The van der Waals surface area contributed by atoms with Crippen molar-refractivity contribution in [3.63, 3.8) is 0 Å². The van der Waals surface area contributed by atoms with E-state index in [9.17, 15) is 19.2 Å². The van der Waals surface area contributed by atoms with Crippen molar-refractivity contribution in [1.82, 2.24) is 4.90 Å². The molecule has 1 amide bonds. The van der Waals surface area contributed by atoms with E-state index in [1.165, 1.54) is 20.8 Å². The van der Waals surface area contributed by atoms with Gasteiger partial charge in [0.25, 0.3) is 0 Å². The molecule has 1 unspecified atom stereocenters. The minimum absolute atomic E-state index is 0.0742. The number of ether oxygens (including phenoxy) is 5. The summed E-state index contributed by atoms with van der Waals surface area (Å²) in [5.74, 6) is -1.97. The lowest BCUT2D eigenvalue weighted by Gasteiger charge is -2.33. The van der Waals surface area contributed by atoms with E-state index in [4.69, 9.17) is 23.7 Å². The number of hydrogen-bond acceptors (Lipinski definition) is 9. The van der Waals surface area contributed by atoms with Crippen LogP contribution in [0.5, 0.6) is 0 Å². The Morgan fingerprint density at radius 3 is 1.95 bits per heavy atom. The molecule has 214 valence electrons. The van der Waals surface area contributed by atoms with Gasteiger partial charge in [0, 0.05) is 33.4 Å². The first kappa shape index (κ1) is 30.4.